The van der Waals surface area contributed by atoms with E-state index in [1.54, 1.807) is 37.5 Å². The third kappa shape index (κ3) is 3.05. The molecule has 3 rings (SSSR count). The second kappa shape index (κ2) is 5.97. The Bertz CT molecular complexity index is 764. The van der Waals surface area contributed by atoms with Gasteiger partial charge in [-0.05, 0) is 18.2 Å². The molecular formula is C15H14N4OS. The van der Waals surface area contributed by atoms with Gasteiger partial charge in [0.2, 0.25) is 0 Å². The quantitative estimate of drug-likeness (QED) is 0.747. The second-order valence-electron chi connectivity index (χ2n) is 4.42. The van der Waals surface area contributed by atoms with Crippen molar-refractivity contribution in [3.63, 3.8) is 0 Å². The minimum absolute atomic E-state index is 0.534. The number of hydrogen-bond donors (Lipinski definition) is 1. The third-order valence-corrected chi connectivity index (χ3v) is 4.01. The van der Waals surface area contributed by atoms with Crippen LogP contribution in [0.1, 0.15) is 5.56 Å². The van der Waals surface area contributed by atoms with Gasteiger partial charge in [-0.1, -0.05) is 11.8 Å². The number of pyridine rings is 1. The number of hydrogen-bond acceptors (Lipinski definition) is 6. The summed E-state index contributed by atoms with van der Waals surface area (Å²) in [4.78, 5) is 12.7. The lowest BCUT2D eigenvalue weighted by molar-refractivity contribution is 0.415. The Balaban J connectivity index is 1.87. The maximum absolute atomic E-state index is 6.04. The normalized spacial score (nSPS) is 10.7. The molecule has 0 fully saturated rings. The molecule has 0 bridgehead atoms. The Morgan fingerprint density at radius 1 is 1.24 bits per heavy atom. The van der Waals surface area contributed by atoms with E-state index < -0.39 is 0 Å². The molecule has 0 radical (unpaired) electrons. The van der Waals surface area contributed by atoms with Gasteiger partial charge >= 0.3 is 0 Å². The monoisotopic (exact) mass is 298 g/mol. The molecule has 6 heteroatoms. The fourth-order valence-electron chi connectivity index (χ4n) is 1.96. The number of methoxy groups -OCH3 is 1. The number of rotatable bonds is 4. The van der Waals surface area contributed by atoms with Crippen molar-refractivity contribution >= 4 is 28.5 Å². The Hall–Kier alpha value is -2.34. The molecule has 106 valence electrons. The number of benzene rings is 1. The van der Waals surface area contributed by atoms with E-state index in [1.807, 2.05) is 18.2 Å². The summed E-state index contributed by atoms with van der Waals surface area (Å²) < 4.78 is 5.20. The topological polar surface area (TPSA) is 73.9 Å². The highest BCUT2D eigenvalue weighted by Gasteiger charge is 2.06. The number of anilines is 1. The molecule has 0 saturated heterocycles. The van der Waals surface area contributed by atoms with Crippen LogP contribution in [0.15, 0.2) is 47.9 Å². The van der Waals surface area contributed by atoms with Gasteiger partial charge in [-0.2, -0.15) is 0 Å². The lowest BCUT2D eigenvalue weighted by atomic mass is 10.1. The van der Waals surface area contributed by atoms with E-state index in [0.29, 0.717) is 11.6 Å². The van der Waals surface area contributed by atoms with Crippen LogP contribution in [0.4, 0.5) is 5.82 Å². The molecule has 0 unspecified atom stereocenters. The Kier molecular flexibility index (Phi) is 3.87. The van der Waals surface area contributed by atoms with Crippen molar-refractivity contribution in [1.29, 1.82) is 0 Å². The molecule has 3 aromatic rings. The molecule has 1 aromatic carbocycles. The first-order valence-corrected chi connectivity index (χ1v) is 7.37. The maximum atomic E-state index is 6.04. The van der Waals surface area contributed by atoms with E-state index in [-0.39, 0.29) is 0 Å². The van der Waals surface area contributed by atoms with Crippen molar-refractivity contribution in [2.75, 3.05) is 12.8 Å². The fourth-order valence-corrected chi connectivity index (χ4v) is 2.77. The molecule has 0 spiro atoms. The summed E-state index contributed by atoms with van der Waals surface area (Å²) in [6.07, 6.45) is 5.07. The molecule has 2 heterocycles. The van der Waals surface area contributed by atoms with E-state index in [1.165, 1.54) is 0 Å². The lowest BCUT2D eigenvalue weighted by Gasteiger charge is -2.08. The molecule has 0 aliphatic heterocycles. The van der Waals surface area contributed by atoms with Crippen LogP contribution in [0.5, 0.6) is 5.75 Å². The zero-order valence-corrected chi connectivity index (χ0v) is 12.3. The van der Waals surface area contributed by atoms with Crippen LogP contribution < -0.4 is 10.5 Å². The van der Waals surface area contributed by atoms with Gasteiger partial charge in [0.05, 0.1) is 18.8 Å². The van der Waals surface area contributed by atoms with Crippen LogP contribution in [0.25, 0.3) is 10.9 Å². The molecule has 21 heavy (non-hydrogen) atoms. The van der Waals surface area contributed by atoms with Gasteiger partial charge in [0.25, 0.3) is 0 Å². The minimum Gasteiger partial charge on any atom is -0.497 e. The van der Waals surface area contributed by atoms with Crippen LogP contribution in [0.3, 0.4) is 0 Å². The van der Waals surface area contributed by atoms with E-state index in [4.69, 9.17) is 10.5 Å². The predicted octanol–water partition coefficient (Wildman–Crippen LogP) is 2.91. The summed E-state index contributed by atoms with van der Waals surface area (Å²) in [5, 5.41) is 1.91. The standard InChI is InChI=1S/C15H14N4OS/c1-20-12-3-2-10-6-11(15(16)19-13(10)7-12)9-21-14-8-17-4-5-18-14/h2-8H,9H2,1H3,(H2,16,19). The third-order valence-electron chi connectivity index (χ3n) is 3.05. The number of nitrogens with zero attached hydrogens (tertiary/aromatic N) is 3. The predicted molar refractivity (Wildman–Crippen MR) is 84.3 cm³/mol. The number of aromatic nitrogens is 3. The van der Waals surface area contributed by atoms with Crippen molar-refractivity contribution in [2.24, 2.45) is 0 Å². The molecule has 0 aliphatic rings. The van der Waals surface area contributed by atoms with Gasteiger partial charge < -0.3 is 10.5 Å². The molecule has 0 amide bonds. The van der Waals surface area contributed by atoms with Gasteiger partial charge in [0.1, 0.15) is 16.6 Å². The van der Waals surface area contributed by atoms with E-state index in [9.17, 15) is 0 Å². The highest BCUT2D eigenvalue weighted by molar-refractivity contribution is 7.98. The van der Waals surface area contributed by atoms with Crippen molar-refractivity contribution in [2.45, 2.75) is 10.8 Å². The summed E-state index contributed by atoms with van der Waals surface area (Å²) in [6, 6.07) is 7.84. The number of nitrogen functional groups attached to an aromatic ring is 1. The Morgan fingerprint density at radius 2 is 2.14 bits per heavy atom. The smallest absolute Gasteiger partial charge is 0.128 e. The molecule has 2 N–H and O–H groups in total. The van der Waals surface area contributed by atoms with Crippen molar-refractivity contribution in [3.05, 3.63) is 48.4 Å². The van der Waals surface area contributed by atoms with Crippen molar-refractivity contribution < 1.29 is 4.74 Å². The summed E-state index contributed by atoms with van der Waals surface area (Å²) >= 11 is 1.59. The van der Waals surface area contributed by atoms with Crippen molar-refractivity contribution in [1.82, 2.24) is 15.0 Å². The van der Waals surface area contributed by atoms with Gasteiger partial charge in [-0.15, -0.1) is 0 Å². The first kappa shape index (κ1) is 13.6. The van der Waals surface area contributed by atoms with Gasteiger partial charge in [0.15, 0.2) is 0 Å². The lowest BCUT2D eigenvalue weighted by Crippen LogP contribution is -1.98. The molecule has 0 atom stereocenters. The Labute approximate surface area is 126 Å². The van der Waals surface area contributed by atoms with Crippen LogP contribution in [0, 0.1) is 0 Å². The number of nitrogens with two attached hydrogens (primary N) is 1. The molecule has 0 saturated carbocycles. The Morgan fingerprint density at radius 3 is 2.90 bits per heavy atom. The second-order valence-corrected chi connectivity index (χ2v) is 5.42. The van der Waals surface area contributed by atoms with Crippen LogP contribution in [-0.4, -0.2) is 22.1 Å². The highest BCUT2D eigenvalue weighted by Crippen LogP contribution is 2.27. The van der Waals surface area contributed by atoms with E-state index in [2.05, 4.69) is 21.0 Å². The number of thioether (sulfide) groups is 1. The van der Waals surface area contributed by atoms with E-state index in [0.717, 1.165) is 27.2 Å². The summed E-state index contributed by atoms with van der Waals surface area (Å²) in [5.74, 6) is 2.02. The summed E-state index contributed by atoms with van der Waals surface area (Å²) in [7, 11) is 1.64. The van der Waals surface area contributed by atoms with Crippen molar-refractivity contribution in [3.8, 4) is 5.75 Å². The van der Waals surface area contributed by atoms with Gasteiger partial charge in [-0.3, -0.25) is 4.98 Å². The van der Waals surface area contributed by atoms with Crippen LogP contribution >= 0.6 is 11.8 Å². The van der Waals surface area contributed by atoms with Gasteiger partial charge in [-0.25, -0.2) is 9.97 Å². The molecule has 0 aliphatic carbocycles. The molecule has 5 nitrogen and oxygen atoms in total. The first-order chi connectivity index (χ1) is 10.3. The summed E-state index contributed by atoms with van der Waals surface area (Å²) in [5.41, 5.74) is 7.86. The van der Waals surface area contributed by atoms with Crippen LogP contribution in [-0.2, 0) is 5.75 Å². The maximum Gasteiger partial charge on any atom is 0.128 e. The van der Waals surface area contributed by atoms with E-state index >= 15 is 0 Å². The zero-order chi connectivity index (χ0) is 14.7. The molecular weight excluding hydrogens is 284 g/mol. The zero-order valence-electron chi connectivity index (χ0n) is 11.5. The fraction of sp³-hybridized carbons (Fsp3) is 0.133. The molecule has 2 aromatic heterocycles. The largest absolute Gasteiger partial charge is 0.497 e. The average molecular weight is 298 g/mol. The van der Waals surface area contributed by atoms with Gasteiger partial charge in [0, 0.05) is 35.2 Å². The number of fused-ring (bicyclic) bond motifs is 1. The average Bonchev–Trinajstić information content (AvgIpc) is 2.53. The van der Waals surface area contributed by atoms with Crippen LogP contribution in [0.2, 0.25) is 0 Å². The highest BCUT2D eigenvalue weighted by atomic mass is 32.2. The number of ether oxygens (including phenoxy) is 1. The first-order valence-electron chi connectivity index (χ1n) is 6.38. The summed E-state index contributed by atoms with van der Waals surface area (Å²) in [6.45, 7) is 0. The SMILES string of the molecule is COc1ccc2cc(CSc3cnccn3)c(N)nc2c1. The minimum atomic E-state index is 0.534.